The number of halogens is 2. The first-order valence-corrected chi connectivity index (χ1v) is 7.08. The van der Waals surface area contributed by atoms with Crippen molar-refractivity contribution in [1.29, 1.82) is 0 Å². The summed E-state index contributed by atoms with van der Waals surface area (Å²) in [5, 5.41) is 0.435. The Bertz CT molecular complexity index is 702. The van der Waals surface area contributed by atoms with Crippen LogP contribution in [0, 0.1) is 5.82 Å². The average molecular weight is 301 g/mol. The van der Waals surface area contributed by atoms with E-state index in [1.54, 1.807) is 0 Å². The van der Waals surface area contributed by atoms with Crippen LogP contribution in [0.25, 0.3) is 0 Å². The molecular weight excluding hydrogens is 291 g/mol. The summed E-state index contributed by atoms with van der Waals surface area (Å²) in [4.78, 5) is 0.0554. The van der Waals surface area contributed by atoms with Gasteiger partial charge >= 0.3 is 0 Å². The van der Waals surface area contributed by atoms with Crippen LogP contribution in [-0.2, 0) is 10.0 Å². The number of nitrogen functional groups attached to an aromatic ring is 1. The summed E-state index contributed by atoms with van der Waals surface area (Å²) in [5.74, 6) is -0.602. The van der Waals surface area contributed by atoms with Crippen molar-refractivity contribution in [3.63, 3.8) is 0 Å². The minimum absolute atomic E-state index is 0.0554. The quantitative estimate of drug-likeness (QED) is 0.856. The van der Waals surface area contributed by atoms with Gasteiger partial charge in [-0.3, -0.25) is 4.72 Å². The van der Waals surface area contributed by atoms with Crippen LogP contribution < -0.4 is 10.5 Å². The molecule has 0 aliphatic rings. The third-order valence-corrected chi connectivity index (χ3v) is 4.02. The Morgan fingerprint density at radius 3 is 2.32 bits per heavy atom. The van der Waals surface area contributed by atoms with Crippen molar-refractivity contribution in [2.75, 3.05) is 10.5 Å². The van der Waals surface area contributed by atoms with Gasteiger partial charge in [-0.25, -0.2) is 12.8 Å². The van der Waals surface area contributed by atoms with Gasteiger partial charge in [-0.05, 0) is 42.5 Å². The van der Waals surface area contributed by atoms with E-state index in [-0.39, 0.29) is 16.3 Å². The first-order chi connectivity index (χ1) is 8.88. The van der Waals surface area contributed by atoms with E-state index in [1.807, 2.05) is 0 Å². The van der Waals surface area contributed by atoms with Gasteiger partial charge in [-0.2, -0.15) is 0 Å². The average Bonchev–Trinajstić information content (AvgIpc) is 2.34. The Morgan fingerprint density at radius 1 is 1.11 bits per heavy atom. The monoisotopic (exact) mass is 300 g/mol. The van der Waals surface area contributed by atoms with Crippen molar-refractivity contribution in [3.8, 4) is 0 Å². The molecule has 0 aliphatic heterocycles. The van der Waals surface area contributed by atoms with E-state index in [0.29, 0.717) is 5.02 Å². The van der Waals surface area contributed by atoms with E-state index in [1.165, 1.54) is 36.4 Å². The third kappa shape index (κ3) is 3.15. The van der Waals surface area contributed by atoms with Crippen LogP contribution in [0.2, 0.25) is 5.02 Å². The molecular formula is C12H10ClFN2O2S. The molecule has 0 radical (unpaired) electrons. The van der Waals surface area contributed by atoms with E-state index in [2.05, 4.69) is 4.72 Å². The van der Waals surface area contributed by atoms with Crippen LogP contribution in [0.3, 0.4) is 0 Å². The molecule has 0 aromatic heterocycles. The molecule has 3 N–H and O–H groups in total. The summed E-state index contributed by atoms with van der Waals surface area (Å²) >= 11 is 5.69. The van der Waals surface area contributed by atoms with E-state index < -0.39 is 15.8 Å². The summed E-state index contributed by atoms with van der Waals surface area (Å²) in [7, 11) is -3.75. The predicted octanol–water partition coefficient (Wildman–Crippen LogP) is 2.86. The normalized spacial score (nSPS) is 11.3. The lowest BCUT2D eigenvalue weighted by molar-refractivity contribution is 0.601. The maximum Gasteiger partial charge on any atom is 0.261 e. The van der Waals surface area contributed by atoms with Crippen LogP contribution in [0.1, 0.15) is 0 Å². The molecule has 19 heavy (non-hydrogen) atoms. The van der Waals surface area contributed by atoms with Gasteiger partial charge in [0.1, 0.15) is 5.82 Å². The molecule has 7 heteroatoms. The second kappa shape index (κ2) is 5.07. The molecule has 0 saturated carbocycles. The number of sulfonamides is 1. The number of hydrogen-bond acceptors (Lipinski definition) is 3. The molecule has 0 aliphatic carbocycles. The summed E-state index contributed by atoms with van der Waals surface area (Å²) in [6.45, 7) is 0. The molecule has 2 aromatic carbocycles. The van der Waals surface area contributed by atoms with E-state index in [9.17, 15) is 12.8 Å². The Labute approximate surface area is 115 Å². The van der Waals surface area contributed by atoms with Gasteiger partial charge in [0.25, 0.3) is 10.0 Å². The van der Waals surface area contributed by atoms with Crippen LogP contribution in [0.15, 0.2) is 47.4 Å². The molecule has 100 valence electrons. The van der Waals surface area contributed by atoms with Crippen LogP contribution >= 0.6 is 11.6 Å². The molecule has 0 bridgehead atoms. The van der Waals surface area contributed by atoms with Crippen LogP contribution in [0.4, 0.5) is 15.8 Å². The molecule has 2 aromatic rings. The fourth-order valence-electron chi connectivity index (χ4n) is 1.44. The van der Waals surface area contributed by atoms with E-state index in [4.69, 9.17) is 17.3 Å². The molecule has 0 fully saturated rings. The lowest BCUT2D eigenvalue weighted by Crippen LogP contribution is -2.13. The lowest BCUT2D eigenvalue weighted by atomic mass is 10.3. The standard InChI is InChI=1S/C12H10ClFN2O2S/c13-8-1-4-10(5-2-8)19(17,18)16-9-3-6-11(14)12(15)7-9/h1-7,16H,15H2. The molecule has 0 saturated heterocycles. The van der Waals surface area contributed by atoms with Gasteiger partial charge in [0.2, 0.25) is 0 Å². The zero-order valence-corrected chi connectivity index (χ0v) is 11.2. The smallest absolute Gasteiger partial charge is 0.261 e. The number of benzene rings is 2. The molecule has 0 spiro atoms. The largest absolute Gasteiger partial charge is 0.396 e. The minimum Gasteiger partial charge on any atom is -0.396 e. The maximum atomic E-state index is 13.0. The van der Waals surface area contributed by atoms with Gasteiger partial charge in [0.15, 0.2) is 0 Å². The fourth-order valence-corrected chi connectivity index (χ4v) is 2.61. The Morgan fingerprint density at radius 2 is 1.74 bits per heavy atom. The minimum atomic E-state index is -3.75. The van der Waals surface area contributed by atoms with Crippen molar-refractivity contribution >= 4 is 33.0 Å². The highest BCUT2D eigenvalue weighted by molar-refractivity contribution is 7.92. The van der Waals surface area contributed by atoms with E-state index in [0.717, 1.165) is 6.07 Å². The number of hydrogen-bond donors (Lipinski definition) is 2. The molecule has 4 nitrogen and oxygen atoms in total. The maximum absolute atomic E-state index is 13.0. The second-order valence-electron chi connectivity index (χ2n) is 3.80. The molecule has 0 atom stereocenters. The fraction of sp³-hybridized carbons (Fsp3) is 0. The zero-order chi connectivity index (χ0) is 14.0. The highest BCUT2D eigenvalue weighted by atomic mass is 35.5. The van der Waals surface area contributed by atoms with Crippen molar-refractivity contribution in [3.05, 3.63) is 53.3 Å². The topological polar surface area (TPSA) is 72.2 Å². The van der Waals surface area contributed by atoms with Gasteiger partial charge < -0.3 is 5.73 Å². The highest BCUT2D eigenvalue weighted by Gasteiger charge is 2.14. The number of anilines is 2. The Kier molecular flexibility index (Phi) is 3.64. The van der Waals surface area contributed by atoms with Crippen molar-refractivity contribution in [2.45, 2.75) is 4.90 Å². The molecule has 2 rings (SSSR count). The van der Waals surface area contributed by atoms with Gasteiger partial charge in [0, 0.05) is 5.02 Å². The van der Waals surface area contributed by atoms with Crippen molar-refractivity contribution in [2.24, 2.45) is 0 Å². The Hall–Kier alpha value is -1.79. The summed E-state index contributed by atoms with van der Waals surface area (Å²) < 4.78 is 39.3. The van der Waals surface area contributed by atoms with Crippen molar-refractivity contribution < 1.29 is 12.8 Å². The number of nitrogens with one attached hydrogen (secondary N) is 1. The number of nitrogens with two attached hydrogens (primary N) is 1. The molecule has 0 amide bonds. The predicted molar refractivity (Wildman–Crippen MR) is 73.1 cm³/mol. The first-order valence-electron chi connectivity index (χ1n) is 5.22. The van der Waals surface area contributed by atoms with Gasteiger partial charge in [-0.1, -0.05) is 11.6 Å². The Balaban J connectivity index is 2.30. The lowest BCUT2D eigenvalue weighted by Gasteiger charge is -2.09. The molecule has 0 unspecified atom stereocenters. The van der Waals surface area contributed by atoms with Crippen molar-refractivity contribution in [1.82, 2.24) is 0 Å². The molecule has 0 heterocycles. The summed E-state index contributed by atoms with van der Waals surface area (Å²) in [5.41, 5.74) is 5.43. The van der Waals surface area contributed by atoms with Crippen LogP contribution in [-0.4, -0.2) is 8.42 Å². The second-order valence-corrected chi connectivity index (χ2v) is 5.91. The first kappa shape index (κ1) is 13.6. The van der Waals surface area contributed by atoms with Gasteiger partial charge in [-0.15, -0.1) is 0 Å². The number of rotatable bonds is 3. The van der Waals surface area contributed by atoms with E-state index >= 15 is 0 Å². The third-order valence-electron chi connectivity index (χ3n) is 2.37. The summed E-state index contributed by atoms with van der Waals surface area (Å²) in [6.07, 6.45) is 0. The highest BCUT2D eigenvalue weighted by Crippen LogP contribution is 2.21. The summed E-state index contributed by atoms with van der Waals surface area (Å²) in [6, 6.07) is 9.27. The zero-order valence-electron chi connectivity index (χ0n) is 9.60. The van der Waals surface area contributed by atoms with Crippen LogP contribution in [0.5, 0.6) is 0 Å². The van der Waals surface area contributed by atoms with Gasteiger partial charge in [0.05, 0.1) is 16.3 Å². The SMILES string of the molecule is Nc1cc(NS(=O)(=O)c2ccc(Cl)cc2)ccc1F.